The SMILES string of the molecule is Clc1cc(Cl)nc(O[C@@H](c2ccccc2)[C@H]2CCNC2)c1. The molecule has 1 aromatic heterocycles. The molecule has 0 radical (unpaired) electrons. The lowest BCUT2D eigenvalue weighted by Gasteiger charge is -2.24. The Hall–Kier alpha value is -1.29. The fourth-order valence-electron chi connectivity index (χ4n) is 2.65. The highest BCUT2D eigenvalue weighted by Gasteiger charge is 2.28. The lowest BCUT2D eigenvalue weighted by atomic mass is 9.95. The van der Waals surface area contributed by atoms with Gasteiger partial charge in [0, 0.05) is 23.6 Å². The van der Waals surface area contributed by atoms with Crippen LogP contribution in [0.4, 0.5) is 0 Å². The van der Waals surface area contributed by atoms with Gasteiger partial charge in [0.25, 0.3) is 0 Å². The van der Waals surface area contributed by atoms with Gasteiger partial charge >= 0.3 is 0 Å². The first kappa shape index (κ1) is 14.6. The van der Waals surface area contributed by atoms with Crippen LogP contribution in [0.3, 0.4) is 0 Å². The summed E-state index contributed by atoms with van der Waals surface area (Å²) in [5.41, 5.74) is 1.14. The van der Waals surface area contributed by atoms with Crippen molar-refractivity contribution < 1.29 is 4.74 Å². The molecule has 21 heavy (non-hydrogen) atoms. The molecule has 0 amide bonds. The summed E-state index contributed by atoms with van der Waals surface area (Å²) in [4.78, 5) is 4.21. The van der Waals surface area contributed by atoms with Gasteiger partial charge in [0.05, 0.1) is 0 Å². The quantitative estimate of drug-likeness (QED) is 0.860. The summed E-state index contributed by atoms with van der Waals surface area (Å²) in [6.07, 6.45) is 1.02. The number of hydrogen-bond donors (Lipinski definition) is 1. The first-order valence-corrected chi connectivity index (χ1v) is 7.73. The minimum absolute atomic E-state index is 0.0526. The standard InChI is InChI=1S/C16H16Cl2N2O/c17-13-8-14(18)20-15(9-13)21-16(12-6-7-19-10-12)11-4-2-1-3-5-11/h1-5,8-9,12,16,19H,6-7,10H2/t12-,16-/m0/s1. The molecule has 2 heterocycles. The van der Waals surface area contributed by atoms with Crippen LogP contribution in [0, 0.1) is 5.92 Å². The fourth-order valence-corrected chi connectivity index (χ4v) is 3.10. The third-order valence-corrected chi connectivity index (χ3v) is 4.05. The molecule has 1 saturated heterocycles. The van der Waals surface area contributed by atoms with E-state index in [0.717, 1.165) is 25.1 Å². The van der Waals surface area contributed by atoms with Crippen molar-refractivity contribution in [3.05, 3.63) is 58.2 Å². The van der Waals surface area contributed by atoms with E-state index in [2.05, 4.69) is 22.4 Å². The highest BCUT2D eigenvalue weighted by Crippen LogP contribution is 2.32. The maximum atomic E-state index is 6.13. The molecular formula is C16H16Cl2N2O. The maximum Gasteiger partial charge on any atom is 0.216 e. The summed E-state index contributed by atoms with van der Waals surface area (Å²) in [7, 11) is 0. The van der Waals surface area contributed by atoms with Gasteiger partial charge in [0.2, 0.25) is 5.88 Å². The molecule has 1 aromatic carbocycles. The van der Waals surface area contributed by atoms with E-state index < -0.39 is 0 Å². The molecule has 1 aliphatic rings. The Morgan fingerprint density at radius 3 is 2.67 bits per heavy atom. The van der Waals surface area contributed by atoms with Crippen molar-refractivity contribution in [2.75, 3.05) is 13.1 Å². The van der Waals surface area contributed by atoms with Gasteiger partial charge in [-0.25, -0.2) is 4.98 Å². The minimum atomic E-state index is -0.0526. The van der Waals surface area contributed by atoms with Crippen molar-refractivity contribution in [2.45, 2.75) is 12.5 Å². The molecule has 0 saturated carbocycles. The summed E-state index contributed by atoms with van der Waals surface area (Å²) >= 11 is 12.0. The lowest BCUT2D eigenvalue weighted by Crippen LogP contribution is -2.21. The van der Waals surface area contributed by atoms with E-state index in [1.807, 2.05) is 18.2 Å². The van der Waals surface area contributed by atoms with Crippen LogP contribution in [-0.4, -0.2) is 18.1 Å². The molecule has 2 aromatic rings. The van der Waals surface area contributed by atoms with Crippen molar-refractivity contribution in [2.24, 2.45) is 5.92 Å². The molecule has 5 heteroatoms. The second-order valence-corrected chi connectivity index (χ2v) is 5.97. The van der Waals surface area contributed by atoms with Crippen LogP contribution in [-0.2, 0) is 0 Å². The Balaban J connectivity index is 1.88. The number of rotatable bonds is 4. The number of aromatic nitrogens is 1. The zero-order valence-corrected chi connectivity index (χ0v) is 12.9. The van der Waals surface area contributed by atoms with Gasteiger partial charge < -0.3 is 10.1 Å². The van der Waals surface area contributed by atoms with Crippen molar-refractivity contribution >= 4 is 23.2 Å². The number of halogens is 2. The zero-order valence-electron chi connectivity index (χ0n) is 11.4. The molecule has 0 aliphatic carbocycles. The zero-order chi connectivity index (χ0) is 14.7. The molecular weight excluding hydrogens is 307 g/mol. The average molecular weight is 323 g/mol. The van der Waals surface area contributed by atoms with Gasteiger partial charge in [-0.15, -0.1) is 0 Å². The first-order valence-electron chi connectivity index (χ1n) is 6.98. The Labute approximate surface area is 134 Å². The number of hydrogen-bond acceptors (Lipinski definition) is 3. The van der Waals surface area contributed by atoms with E-state index in [4.69, 9.17) is 27.9 Å². The van der Waals surface area contributed by atoms with Crippen LogP contribution in [0.5, 0.6) is 5.88 Å². The second-order valence-electron chi connectivity index (χ2n) is 5.15. The number of nitrogens with zero attached hydrogens (tertiary/aromatic N) is 1. The van der Waals surface area contributed by atoms with Crippen LogP contribution < -0.4 is 10.1 Å². The maximum absolute atomic E-state index is 6.13. The second kappa shape index (κ2) is 6.65. The Kier molecular flexibility index (Phi) is 4.63. The summed E-state index contributed by atoms with van der Waals surface area (Å²) in [6.45, 7) is 1.95. The van der Waals surface area contributed by atoms with Crippen LogP contribution in [0.25, 0.3) is 0 Å². The van der Waals surface area contributed by atoms with E-state index >= 15 is 0 Å². The Morgan fingerprint density at radius 1 is 1.19 bits per heavy atom. The minimum Gasteiger partial charge on any atom is -0.469 e. The summed E-state index contributed by atoms with van der Waals surface area (Å²) < 4.78 is 6.13. The van der Waals surface area contributed by atoms with Gasteiger partial charge in [-0.1, -0.05) is 53.5 Å². The summed E-state index contributed by atoms with van der Waals surface area (Å²) in [5, 5.41) is 4.25. The third-order valence-electron chi connectivity index (χ3n) is 3.64. The highest BCUT2D eigenvalue weighted by molar-refractivity contribution is 6.34. The molecule has 1 fully saturated rings. The summed E-state index contributed by atoms with van der Waals surface area (Å²) in [6, 6.07) is 13.5. The molecule has 1 aliphatic heterocycles. The topological polar surface area (TPSA) is 34.1 Å². The van der Waals surface area contributed by atoms with Crippen molar-refractivity contribution in [3.8, 4) is 5.88 Å². The third kappa shape index (κ3) is 3.67. The Morgan fingerprint density at radius 2 is 2.00 bits per heavy atom. The van der Waals surface area contributed by atoms with E-state index in [9.17, 15) is 0 Å². The summed E-state index contributed by atoms with van der Waals surface area (Å²) in [5.74, 6) is 0.875. The van der Waals surface area contributed by atoms with E-state index in [1.165, 1.54) is 0 Å². The number of pyridine rings is 1. The predicted octanol–water partition coefficient (Wildman–Crippen LogP) is 4.12. The smallest absolute Gasteiger partial charge is 0.216 e. The van der Waals surface area contributed by atoms with Gasteiger partial charge in [0.15, 0.2) is 0 Å². The number of nitrogens with one attached hydrogen (secondary N) is 1. The largest absolute Gasteiger partial charge is 0.469 e. The van der Waals surface area contributed by atoms with Crippen LogP contribution in [0.2, 0.25) is 10.2 Å². The van der Waals surface area contributed by atoms with Crippen molar-refractivity contribution in [1.29, 1.82) is 0 Å². The molecule has 0 spiro atoms. The number of ether oxygens (including phenoxy) is 1. The lowest BCUT2D eigenvalue weighted by molar-refractivity contribution is 0.138. The normalized spacial score (nSPS) is 19.4. The number of benzene rings is 1. The van der Waals surface area contributed by atoms with E-state index in [1.54, 1.807) is 12.1 Å². The molecule has 0 unspecified atom stereocenters. The van der Waals surface area contributed by atoms with Gasteiger partial charge in [-0.3, -0.25) is 0 Å². The van der Waals surface area contributed by atoms with Crippen LogP contribution >= 0.6 is 23.2 Å². The molecule has 0 bridgehead atoms. The fraction of sp³-hybridized carbons (Fsp3) is 0.312. The monoisotopic (exact) mass is 322 g/mol. The van der Waals surface area contributed by atoms with Crippen molar-refractivity contribution in [1.82, 2.24) is 10.3 Å². The van der Waals surface area contributed by atoms with Crippen LogP contribution in [0.15, 0.2) is 42.5 Å². The first-order chi connectivity index (χ1) is 10.2. The molecule has 3 rings (SSSR count). The van der Waals surface area contributed by atoms with Gasteiger partial charge in [-0.2, -0.15) is 0 Å². The van der Waals surface area contributed by atoms with Crippen molar-refractivity contribution in [3.63, 3.8) is 0 Å². The van der Waals surface area contributed by atoms with Gasteiger partial charge in [-0.05, 0) is 24.6 Å². The molecule has 2 atom stereocenters. The van der Waals surface area contributed by atoms with Crippen LogP contribution in [0.1, 0.15) is 18.1 Å². The Bertz CT molecular complexity index is 580. The average Bonchev–Trinajstić information content (AvgIpc) is 2.98. The molecule has 1 N–H and O–H groups in total. The molecule has 110 valence electrons. The van der Waals surface area contributed by atoms with E-state index in [0.29, 0.717) is 22.0 Å². The predicted molar refractivity (Wildman–Crippen MR) is 85.0 cm³/mol. The van der Waals surface area contributed by atoms with Gasteiger partial charge in [0.1, 0.15) is 11.3 Å². The van der Waals surface area contributed by atoms with E-state index in [-0.39, 0.29) is 6.10 Å². The highest BCUT2D eigenvalue weighted by atomic mass is 35.5. The molecule has 3 nitrogen and oxygen atoms in total.